The summed E-state index contributed by atoms with van der Waals surface area (Å²) in [4.78, 5) is 11.7. The molecule has 20 heavy (non-hydrogen) atoms. The van der Waals surface area contributed by atoms with Crippen molar-refractivity contribution < 1.29 is 9.18 Å². The third-order valence-electron chi connectivity index (χ3n) is 2.44. The molecule has 0 atom stereocenters. The summed E-state index contributed by atoms with van der Waals surface area (Å²) >= 11 is 11.7. The number of anilines is 1. The van der Waals surface area contributed by atoms with Gasteiger partial charge < -0.3 is 5.32 Å². The summed E-state index contributed by atoms with van der Waals surface area (Å²) in [6.45, 7) is 0. The van der Waals surface area contributed by atoms with E-state index in [-0.39, 0.29) is 5.69 Å². The van der Waals surface area contributed by atoms with E-state index in [2.05, 4.69) is 5.32 Å². The number of carbonyl (C=O) groups is 1. The molecule has 0 aromatic heterocycles. The van der Waals surface area contributed by atoms with Gasteiger partial charge in [0.25, 0.3) is 0 Å². The lowest BCUT2D eigenvalue weighted by atomic mass is 10.2. The summed E-state index contributed by atoms with van der Waals surface area (Å²) in [6, 6.07) is 10.9. The molecule has 0 aliphatic carbocycles. The molecular formula is C15H10Cl2FNO. The first-order valence-electron chi connectivity index (χ1n) is 5.74. The average molecular weight is 310 g/mol. The number of para-hydroxylation sites is 1. The predicted octanol–water partition coefficient (Wildman–Crippen LogP) is 4.78. The molecule has 1 amide bonds. The van der Waals surface area contributed by atoms with Gasteiger partial charge >= 0.3 is 0 Å². The van der Waals surface area contributed by atoms with Crippen molar-refractivity contribution in [1.82, 2.24) is 0 Å². The van der Waals surface area contributed by atoms with Gasteiger partial charge in [-0.05, 0) is 42.0 Å². The van der Waals surface area contributed by atoms with Crippen LogP contribution in [0.5, 0.6) is 0 Å². The summed E-state index contributed by atoms with van der Waals surface area (Å²) < 4.78 is 13.3. The molecule has 0 unspecified atom stereocenters. The van der Waals surface area contributed by atoms with Gasteiger partial charge in [0.15, 0.2) is 0 Å². The molecule has 5 heteroatoms. The van der Waals surface area contributed by atoms with E-state index < -0.39 is 11.7 Å². The standard InChI is InChI=1S/C15H10Cl2FNO/c16-11-7-10(8-12(17)9-11)5-6-15(20)19-14-4-2-1-3-13(14)18/h1-9H,(H,19,20)/b6-5+. The topological polar surface area (TPSA) is 29.1 Å². The minimum Gasteiger partial charge on any atom is -0.320 e. The zero-order valence-corrected chi connectivity index (χ0v) is 11.8. The Hall–Kier alpha value is -1.84. The van der Waals surface area contributed by atoms with Gasteiger partial charge in [0.2, 0.25) is 5.91 Å². The monoisotopic (exact) mass is 309 g/mol. The van der Waals surface area contributed by atoms with Crippen molar-refractivity contribution in [3.05, 3.63) is 70.0 Å². The van der Waals surface area contributed by atoms with E-state index in [0.717, 1.165) is 0 Å². The maximum Gasteiger partial charge on any atom is 0.248 e. The quantitative estimate of drug-likeness (QED) is 0.812. The number of carbonyl (C=O) groups excluding carboxylic acids is 1. The van der Waals surface area contributed by atoms with Crippen LogP contribution < -0.4 is 5.32 Å². The van der Waals surface area contributed by atoms with Crippen molar-refractivity contribution >= 4 is 40.9 Å². The molecule has 0 saturated heterocycles. The first kappa shape index (κ1) is 14.6. The van der Waals surface area contributed by atoms with Crippen molar-refractivity contribution in [2.45, 2.75) is 0 Å². The second-order valence-electron chi connectivity index (χ2n) is 4.01. The van der Waals surface area contributed by atoms with Gasteiger partial charge in [-0.2, -0.15) is 0 Å². The predicted molar refractivity (Wildman–Crippen MR) is 80.5 cm³/mol. The van der Waals surface area contributed by atoms with Crippen molar-refractivity contribution in [2.24, 2.45) is 0 Å². The van der Waals surface area contributed by atoms with Crippen LogP contribution in [0, 0.1) is 5.82 Å². The average Bonchev–Trinajstić information content (AvgIpc) is 2.38. The van der Waals surface area contributed by atoms with Gasteiger partial charge in [0.1, 0.15) is 5.82 Å². The molecule has 0 bridgehead atoms. The van der Waals surface area contributed by atoms with Gasteiger partial charge in [-0.1, -0.05) is 35.3 Å². The maximum absolute atomic E-state index is 13.3. The van der Waals surface area contributed by atoms with E-state index in [1.807, 2.05) is 0 Å². The molecule has 2 aromatic rings. The largest absolute Gasteiger partial charge is 0.320 e. The van der Waals surface area contributed by atoms with Crippen molar-refractivity contribution in [3.63, 3.8) is 0 Å². The molecule has 102 valence electrons. The van der Waals surface area contributed by atoms with Crippen LogP contribution in [0.4, 0.5) is 10.1 Å². The molecule has 0 radical (unpaired) electrons. The molecule has 0 fully saturated rings. The first-order chi connectivity index (χ1) is 9.54. The number of rotatable bonds is 3. The molecular weight excluding hydrogens is 300 g/mol. The molecule has 0 spiro atoms. The van der Waals surface area contributed by atoms with Crippen molar-refractivity contribution in [3.8, 4) is 0 Å². The highest BCUT2D eigenvalue weighted by atomic mass is 35.5. The summed E-state index contributed by atoms with van der Waals surface area (Å²) in [7, 11) is 0. The van der Waals surface area contributed by atoms with Crippen LogP contribution in [-0.4, -0.2) is 5.91 Å². The van der Waals surface area contributed by atoms with Crippen LogP contribution >= 0.6 is 23.2 Å². The Bertz CT molecular complexity index is 650. The molecule has 0 saturated carbocycles. The molecule has 2 nitrogen and oxygen atoms in total. The number of benzene rings is 2. The smallest absolute Gasteiger partial charge is 0.248 e. The second kappa shape index (κ2) is 6.55. The Morgan fingerprint density at radius 3 is 2.40 bits per heavy atom. The van der Waals surface area contributed by atoms with Crippen molar-refractivity contribution in [1.29, 1.82) is 0 Å². The molecule has 2 rings (SSSR count). The van der Waals surface area contributed by atoms with Crippen LogP contribution in [0.25, 0.3) is 6.08 Å². The molecule has 0 aliphatic heterocycles. The van der Waals surface area contributed by atoms with E-state index in [1.54, 1.807) is 36.4 Å². The van der Waals surface area contributed by atoms with Gasteiger partial charge in [-0.25, -0.2) is 4.39 Å². The van der Waals surface area contributed by atoms with Gasteiger partial charge in [-0.15, -0.1) is 0 Å². The zero-order chi connectivity index (χ0) is 14.5. The molecule has 0 aliphatic rings. The van der Waals surface area contributed by atoms with E-state index >= 15 is 0 Å². The highest BCUT2D eigenvalue weighted by Gasteiger charge is 2.03. The Labute approximate surface area is 125 Å². The normalized spacial score (nSPS) is 10.8. The Balaban J connectivity index is 2.08. The lowest BCUT2D eigenvalue weighted by Gasteiger charge is -2.03. The summed E-state index contributed by atoms with van der Waals surface area (Å²) in [6.07, 6.45) is 2.84. The zero-order valence-electron chi connectivity index (χ0n) is 10.2. The molecule has 1 N–H and O–H groups in total. The van der Waals surface area contributed by atoms with E-state index in [1.165, 1.54) is 18.2 Å². The lowest BCUT2D eigenvalue weighted by molar-refractivity contribution is -0.111. The Kier molecular flexibility index (Phi) is 4.77. The minimum absolute atomic E-state index is 0.131. The van der Waals surface area contributed by atoms with Crippen LogP contribution in [0.15, 0.2) is 48.5 Å². The number of halogens is 3. The second-order valence-corrected chi connectivity index (χ2v) is 4.88. The summed E-state index contributed by atoms with van der Waals surface area (Å²) in [5, 5.41) is 3.40. The van der Waals surface area contributed by atoms with Gasteiger partial charge in [-0.3, -0.25) is 4.79 Å². The number of amides is 1. The Morgan fingerprint density at radius 2 is 1.75 bits per heavy atom. The fraction of sp³-hybridized carbons (Fsp3) is 0. The number of hydrogen-bond donors (Lipinski definition) is 1. The maximum atomic E-state index is 13.3. The molecule has 2 aromatic carbocycles. The van der Waals surface area contributed by atoms with E-state index in [9.17, 15) is 9.18 Å². The van der Waals surface area contributed by atoms with Gasteiger partial charge in [0, 0.05) is 16.1 Å². The van der Waals surface area contributed by atoms with Crippen LogP contribution in [0.1, 0.15) is 5.56 Å². The van der Waals surface area contributed by atoms with Gasteiger partial charge in [0.05, 0.1) is 5.69 Å². The Morgan fingerprint density at radius 1 is 1.10 bits per heavy atom. The van der Waals surface area contributed by atoms with Crippen LogP contribution in [0.2, 0.25) is 10.0 Å². The lowest BCUT2D eigenvalue weighted by Crippen LogP contribution is -2.08. The minimum atomic E-state index is -0.486. The summed E-state index contributed by atoms with van der Waals surface area (Å²) in [5.74, 6) is -0.925. The van der Waals surface area contributed by atoms with E-state index in [0.29, 0.717) is 15.6 Å². The van der Waals surface area contributed by atoms with E-state index in [4.69, 9.17) is 23.2 Å². The van der Waals surface area contributed by atoms with Crippen LogP contribution in [-0.2, 0) is 4.79 Å². The number of hydrogen-bond acceptors (Lipinski definition) is 1. The van der Waals surface area contributed by atoms with Crippen molar-refractivity contribution in [2.75, 3.05) is 5.32 Å². The van der Waals surface area contributed by atoms with Crippen LogP contribution in [0.3, 0.4) is 0 Å². The highest BCUT2D eigenvalue weighted by Crippen LogP contribution is 2.20. The SMILES string of the molecule is O=C(/C=C/c1cc(Cl)cc(Cl)c1)Nc1ccccc1F. The fourth-order valence-electron chi connectivity index (χ4n) is 1.58. The fourth-order valence-corrected chi connectivity index (χ4v) is 2.12. The first-order valence-corrected chi connectivity index (χ1v) is 6.50. The molecule has 0 heterocycles. The third kappa shape index (κ3) is 4.08. The summed E-state index contributed by atoms with van der Waals surface area (Å²) in [5.41, 5.74) is 0.817. The highest BCUT2D eigenvalue weighted by molar-refractivity contribution is 6.34. The number of nitrogens with one attached hydrogen (secondary N) is 1. The third-order valence-corrected chi connectivity index (χ3v) is 2.88.